The smallest absolute Gasteiger partial charge is 0.315 e. The molecule has 0 spiro atoms. The molecule has 1 atom stereocenters. The molecule has 1 aliphatic carbocycles. The molecule has 4 N–H and O–H groups in total. The molecule has 1 aromatic carbocycles. The maximum atomic E-state index is 12.4. The number of urea groups is 1. The van der Waals surface area contributed by atoms with Gasteiger partial charge in [-0.3, -0.25) is 4.79 Å². The van der Waals surface area contributed by atoms with E-state index in [0.29, 0.717) is 13.0 Å². The summed E-state index contributed by atoms with van der Waals surface area (Å²) in [5, 5.41) is 8.84. The van der Waals surface area contributed by atoms with Gasteiger partial charge >= 0.3 is 6.03 Å². The molecule has 150 valence electrons. The average Bonchev–Trinajstić information content (AvgIpc) is 3.22. The monoisotopic (exact) mass is 383 g/mol. The van der Waals surface area contributed by atoms with E-state index in [1.165, 1.54) is 19.3 Å². The lowest BCUT2D eigenvalue weighted by Gasteiger charge is -2.23. The van der Waals surface area contributed by atoms with Crippen molar-refractivity contribution in [1.29, 1.82) is 0 Å². The summed E-state index contributed by atoms with van der Waals surface area (Å²) in [4.78, 5) is 31.7. The van der Waals surface area contributed by atoms with Crippen LogP contribution in [-0.4, -0.2) is 34.5 Å². The summed E-state index contributed by atoms with van der Waals surface area (Å²) in [6.45, 7) is 0.312. The van der Waals surface area contributed by atoms with Crippen molar-refractivity contribution in [3.05, 3.63) is 54.1 Å². The lowest BCUT2D eigenvalue weighted by atomic mass is 9.96. The molecular formula is C21H29N5O2. The molecule has 1 saturated carbocycles. The van der Waals surface area contributed by atoms with Crippen LogP contribution in [0.4, 0.5) is 4.79 Å². The zero-order chi connectivity index (χ0) is 19.6. The van der Waals surface area contributed by atoms with Crippen molar-refractivity contribution >= 4 is 11.9 Å². The topological polar surface area (TPSA) is 98.9 Å². The molecule has 7 heteroatoms. The number of aromatic nitrogens is 2. The van der Waals surface area contributed by atoms with Gasteiger partial charge in [-0.25, -0.2) is 9.78 Å². The maximum Gasteiger partial charge on any atom is 0.315 e. The van der Waals surface area contributed by atoms with Gasteiger partial charge in [-0.2, -0.15) is 0 Å². The third-order valence-electron chi connectivity index (χ3n) is 5.07. The molecule has 28 heavy (non-hydrogen) atoms. The van der Waals surface area contributed by atoms with Crippen LogP contribution in [0.5, 0.6) is 0 Å². The van der Waals surface area contributed by atoms with Crippen molar-refractivity contribution in [3.8, 4) is 0 Å². The van der Waals surface area contributed by atoms with Crippen LogP contribution in [0.3, 0.4) is 0 Å². The minimum atomic E-state index is -0.185. The highest BCUT2D eigenvalue weighted by molar-refractivity contribution is 5.78. The standard InChI is InChI=1S/C21H29N5O2/c27-20(11-12-24-21(28)25-17-9-5-2-6-10-17)26-18(15-19-22-13-14-23-19)16-7-3-1-4-8-16/h1,3-4,7-8,13-14,17-18H,2,5-6,9-12,15H2,(H,22,23)(H,26,27)(H2,24,25,28). The van der Waals surface area contributed by atoms with Gasteiger partial charge in [0, 0.05) is 37.8 Å². The average molecular weight is 383 g/mol. The van der Waals surface area contributed by atoms with E-state index in [2.05, 4.69) is 25.9 Å². The van der Waals surface area contributed by atoms with Crippen LogP contribution >= 0.6 is 0 Å². The zero-order valence-electron chi connectivity index (χ0n) is 16.1. The minimum Gasteiger partial charge on any atom is -0.349 e. The van der Waals surface area contributed by atoms with Gasteiger partial charge in [-0.15, -0.1) is 0 Å². The first-order valence-corrected chi connectivity index (χ1v) is 10.1. The van der Waals surface area contributed by atoms with E-state index in [4.69, 9.17) is 0 Å². The summed E-state index contributed by atoms with van der Waals surface area (Å²) in [5.41, 5.74) is 1.02. The molecule has 7 nitrogen and oxygen atoms in total. The minimum absolute atomic E-state index is 0.0987. The Morgan fingerprint density at radius 1 is 1.14 bits per heavy atom. The first-order valence-electron chi connectivity index (χ1n) is 10.1. The summed E-state index contributed by atoms with van der Waals surface area (Å²) in [5.74, 6) is 0.720. The number of carbonyl (C=O) groups excluding carboxylic acids is 2. The lowest BCUT2D eigenvalue weighted by molar-refractivity contribution is -0.121. The Hall–Kier alpha value is -2.83. The predicted molar refractivity (Wildman–Crippen MR) is 108 cm³/mol. The van der Waals surface area contributed by atoms with Crippen molar-refractivity contribution in [2.75, 3.05) is 6.54 Å². The summed E-state index contributed by atoms with van der Waals surface area (Å²) in [7, 11) is 0. The Morgan fingerprint density at radius 2 is 1.93 bits per heavy atom. The number of benzene rings is 1. The molecule has 1 heterocycles. The molecule has 0 radical (unpaired) electrons. The van der Waals surface area contributed by atoms with E-state index in [9.17, 15) is 9.59 Å². The Labute approximate surface area is 165 Å². The van der Waals surface area contributed by atoms with Gasteiger partial charge in [0.1, 0.15) is 5.82 Å². The quantitative estimate of drug-likeness (QED) is 0.564. The number of aromatic amines is 1. The van der Waals surface area contributed by atoms with Crippen molar-refractivity contribution in [2.24, 2.45) is 0 Å². The van der Waals surface area contributed by atoms with E-state index >= 15 is 0 Å². The number of amides is 3. The van der Waals surface area contributed by atoms with Gasteiger partial charge in [0.2, 0.25) is 5.91 Å². The molecule has 1 fully saturated rings. The summed E-state index contributed by atoms with van der Waals surface area (Å²) >= 11 is 0. The molecule has 0 aliphatic heterocycles. The number of nitrogens with zero attached hydrogens (tertiary/aromatic N) is 1. The summed E-state index contributed by atoms with van der Waals surface area (Å²) in [6, 6.07) is 9.74. The molecule has 1 aromatic heterocycles. The SMILES string of the molecule is O=C(CCNC(=O)NC1CCCCC1)NC(Cc1ncc[nH]1)c1ccccc1. The summed E-state index contributed by atoms with van der Waals surface area (Å²) in [6.07, 6.45) is 9.97. The number of rotatable bonds is 8. The highest BCUT2D eigenvalue weighted by atomic mass is 16.2. The lowest BCUT2D eigenvalue weighted by Crippen LogP contribution is -2.44. The largest absolute Gasteiger partial charge is 0.349 e. The van der Waals surface area contributed by atoms with Gasteiger partial charge in [0.15, 0.2) is 0 Å². The fourth-order valence-electron chi connectivity index (χ4n) is 3.58. The normalized spacial score (nSPS) is 15.6. The molecule has 1 aliphatic rings. The fourth-order valence-corrected chi connectivity index (χ4v) is 3.58. The molecular weight excluding hydrogens is 354 g/mol. The summed E-state index contributed by atoms with van der Waals surface area (Å²) < 4.78 is 0. The van der Waals surface area contributed by atoms with E-state index < -0.39 is 0 Å². The first-order chi connectivity index (χ1) is 13.7. The van der Waals surface area contributed by atoms with E-state index in [1.807, 2.05) is 30.3 Å². The highest BCUT2D eigenvalue weighted by Gasteiger charge is 2.18. The zero-order valence-corrected chi connectivity index (χ0v) is 16.1. The van der Waals surface area contributed by atoms with Crippen LogP contribution in [0.2, 0.25) is 0 Å². The third kappa shape index (κ3) is 6.40. The van der Waals surface area contributed by atoms with Crippen LogP contribution in [0.15, 0.2) is 42.7 Å². The van der Waals surface area contributed by atoms with Crippen LogP contribution in [0.25, 0.3) is 0 Å². The molecule has 0 bridgehead atoms. The predicted octanol–water partition coefficient (Wildman–Crippen LogP) is 2.83. The Balaban J connectivity index is 1.44. The molecule has 0 saturated heterocycles. The van der Waals surface area contributed by atoms with E-state index in [0.717, 1.165) is 24.2 Å². The Morgan fingerprint density at radius 3 is 2.64 bits per heavy atom. The van der Waals surface area contributed by atoms with Crippen molar-refractivity contribution in [2.45, 2.75) is 57.0 Å². The second-order valence-electron chi connectivity index (χ2n) is 7.26. The Kier molecular flexibility index (Phi) is 7.46. The number of nitrogens with one attached hydrogen (secondary N) is 4. The van der Waals surface area contributed by atoms with Crippen LogP contribution < -0.4 is 16.0 Å². The third-order valence-corrected chi connectivity index (χ3v) is 5.07. The van der Waals surface area contributed by atoms with Gasteiger partial charge in [0.05, 0.1) is 6.04 Å². The Bertz CT molecular complexity index is 727. The number of hydrogen-bond donors (Lipinski definition) is 4. The second kappa shape index (κ2) is 10.5. The number of imidazole rings is 1. The van der Waals surface area contributed by atoms with Crippen molar-refractivity contribution in [1.82, 2.24) is 25.9 Å². The molecule has 1 unspecified atom stereocenters. The van der Waals surface area contributed by atoms with E-state index in [-0.39, 0.29) is 30.4 Å². The van der Waals surface area contributed by atoms with Crippen LogP contribution in [-0.2, 0) is 11.2 Å². The van der Waals surface area contributed by atoms with E-state index in [1.54, 1.807) is 12.4 Å². The van der Waals surface area contributed by atoms with Crippen molar-refractivity contribution < 1.29 is 9.59 Å². The van der Waals surface area contributed by atoms with Gasteiger partial charge in [-0.1, -0.05) is 49.6 Å². The van der Waals surface area contributed by atoms with Gasteiger partial charge in [-0.05, 0) is 18.4 Å². The maximum absolute atomic E-state index is 12.4. The fraction of sp³-hybridized carbons (Fsp3) is 0.476. The van der Waals surface area contributed by atoms with Crippen LogP contribution in [0.1, 0.15) is 56.0 Å². The first kappa shape index (κ1) is 19.9. The number of hydrogen-bond acceptors (Lipinski definition) is 3. The van der Waals surface area contributed by atoms with Crippen LogP contribution in [0, 0.1) is 0 Å². The van der Waals surface area contributed by atoms with Gasteiger partial charge < -0.3 is 20.9 Å². The highest BCUT2D eigenvalue weighted by Crippen LogP contribution is 2.18. The van der Waals surface area contributed by atoms with Gasteiger partial charge in [0.25, 0.3) is 0 Å². The molecule has 3 amide bonds. The number of carbonyl (C=O) groups is 2. The van der Waals surface area contributed by atoms with Crippen molar-refractivity contribution in [3.63, 3.8) is 0 Å². The number of H-pyrrole nitrogens is 1. The second-order valence-corrected chi connectivity index (χ2v) is 7.26. The molecule has 2 aromatic rings. The molecule has 3 rings (SSSR count).